The summed E-state index contributed by atoms with van der Waals surface area (Å²) in [6.07, 6.45) is 5.64. The van der Waals surface area contributed by atoms with Crippen LogP contribution in [0.1, 0.15) is 25.0 Å². The van der Waals surface area contributed by atoms with Crippen LogP contribution in [0.3, 0.4) is 0 Å². The van der Waals surface area contributed by atoms with Crippen LogP contribution in [0.4, 0.5) is 0 Å². The van der Waals surface area contributed by atoms with Crippen LogP contribution in [0.25, 0.3) is 0 Å². The first-order valence-electron chi connectivity index (χ1n) is 5.74. The molecule has 1 aliphatic rings. The standard InChI is InChI=1S/C12H17NO3/c14-12(15)9(7-11-5-2-6-16-11)8-13-10-3-1-4-10/h2,5-6,9-10,13H,1,3-4,7-8H2,(H,14,15). The molecule has 1 aromatic heterocycles. The molecule has 1 fully saturated rings. The summed E-state index contributed by atoms with van der Waals surface area (Å²) in [7, 11) is 0. The second-order valence-electron chi connectivity index (χ2n) is 4.35. The van der Waals surface area contributed by atoms with Gasteiger partial charge in [0.1, 0.15) is 5.76 Å². The van der Waals surface area contributed by atoms with Crippen molar-refractivity contribution in [3.05, 3.63) is 24.2 Å². The van der Waals surface area contributed by atoms with Crippen molar-refractivity contribution in [3.8, 4) is 0 Å². The highest BCUT2D eigenvalue weighted by molar-refractivity contribution is 5.70. The van der Waals surface area contributed by atoms with E-state index < -0.39 is 11.9 Å². The minimum atomic E-state index is -0.761. The van der Waals surface area contributed by atoms with Crippen LogP contribution in [0.15, 0.2) is 22.8 Å². The maximum Gasteiger partial charge on any atom is 0.308 e. The molecule has 0 spiro atoms. The van der Waals surface area contributed by atoms with E-state index in [4.69, 9.17) is 9.52 Å². The van der Waals surface area contributed by atoms with E-state index in [1.165, 1.54) is 19.3 Å². The van der Waals surface area contributed by atoms with Crippen molar-refractivity contribution in [1.82, 2.24) is 5.32 Å². The highest BCUT2D eigenvalue weighted by Gasteiger charge is 2.23. The van der Waals surface area contributed by atoms with Crippen LogP contribution >= 0.6 is 0 Å². The van der Waals surface area contributed by atoms with Gasteiger partial charge in [-0.15, -0.1) is 0 Å². The van der Waals surface area contributed by atoms with E-state index in [0.717, 1.165) is 5.76 Å². The highest BCUT2D eigenvalue weighted by Crippen LogP contribution is 2.18. The van der Waals surface area contributed by atoms with Gasteiger partial charge in [0, 0.05) is 19.0 Å². The molecule has 0 aromatic carbocycles. The van der Waals surface area contributed by atoms with Gasteiger partial charge in [0.25, 0.3) is 0 Å². The number of carbonyl (C=O) groups is 1. The number of hydrogen-bond acceptors (Lipinski definition) is 3. The molecule has 1 aliphatic carbocycles. The number of furan rings is 1. The summed E-state index contributed by atoms with van der Waals surface area (Å²) >= 11 is 0. The largest absolute Gasteiger partial charge is 0.481 e. The van der Waals surface area contributed by atoms with Gasteiger partial charge in [0.2, 0.25) is 0 Å². The molecule has 4 nitrogen and oxygen atoms in total. The predicted molar refractivity (Wildman–Crippen MR) is 59.2 cm³/mol. The lowest BCUT2D eigenvalue weighted by atomic mass is 9.92. The lowest BCUT2D eigenvalue weighted by molar-refractivity contribution is -0.141. The summed E-state index contributed by atoms with van der Waals surface area (Å²) in [6.45, 7) is 0.528. The Bertz CT molecular complexity index is 330. The smallest absolute Gasteiger partial charge is 0.308 e. The zero-order valence-corrected chi connectivity index (χ0v) is 9.19. The van der Waals surface area contributed by atoms with E-state index in [9.17, 15) is 4.79 Å². The summed E-state index contributed by atoms with van der Waals surface area (Å²) in [5.74, 6) is -0.419. The van der Waals surface area contributed by atoms with Crippen LogP contribution in [0.5, 0.6) is 0 Å². The first-order valence-corrected chi connectivity index (χ1v) is 5.74. The third-order valence-electron chi connectivity index (χ3n) is 3.14. The fraction of sp³-hybridized carbons (Fsp3) is 0.583. The van der Waals surface area contributed by atoms with Crippen LogP contribution in [-0.4, -0.2) is 23.7 Å². The van der Waals surface area contributed by atoms with Gasteiger partial charge in [0.15, 0.2) is 0 Å². The number of rotatable bonds is 6. The molecule has 88 valence electrons. The zero-order valence-electron chi connectivity index (χ0n) is 9.19. The summed E-state index contributed by atoms with van der Waals surface area (Å²) < 4.78 is 5.17. The van der Waals surface area contributed by atoms with Gasteiger partial charge in [-0.25, -0.2) is 0 Å². The maximum atomic E-state index is 11.1. The molecule has 1 atom stereocenters. The van der Waals surface area contributed by atoms with Crippen LogP contribution in [0, 0.1) is 5.92 Å². The Kier molecular flexibility index (Phi) is 3.62. The molecule has 0 aliphatic heterocycles. The molecule has 2 N–H and O–H groups in total. The summed E-state index contributed by atoms with van der Waals surface area (Å²) in [6, 6.07) is 4.13. The van der Waals surface area contributed by atoms with Gasteiger partial charge < -0.3 is 14.8 Å². The topological polar surface area (TPSA) is 62.5 Å². The van der Waals surface area contributed by atoms with Gasteiger partial charge in [-0.1, -0.05) is 6.42 Å². The fourth-order valence-corrected chi connectivity index (χ4v) is 1.84. The molecular weight excluding hydrogens is 206 g/mol. The number of carboxylic acid groups (broad SMARTS) is 1. The molecule has 1 aromatic rings. The van der Waals surface area contributed by atoms with Crippen molar-refractivity contribution in [2.45, 2.75) is 31.7 Å². The lowest BCUT2D eigenvalue weighted by Crippen LogP contribution is -2.40. The van der Waals surface area contributed by atoms with Gasteiger partial charge in [-0.2, -0.15) is 0 Å². The Labute approximate surface area is 94.6 Å². The van der Waals surface area contributed by atoms with Crippen LogP contribution < -0.4 is 5.32 Å². The third kappa shape index (κ3) is 2.85. The quantitative estimate of drug-likeness (QED) is 0.770. The van der Waals surface area contributed by atoms with E-state index in [-0.39, 0.29) is 0 Å². The van der Waals surface area contributed by atoms with Gasteiger partial charge >= 0.3 is 5.97 Å². The first kappa shape index (κ1) is 11.2. The Morgan fingerprint density at radius 2 is 2.44 bits per heavy atom. The van der Waals surface area contributed by atoms with Crippen molar-refractivity contribution < 1.29 is 14.3 Å². The minimum absolute atomic E-state index is 0.397. The lowest BCUT2D eigenvalue weighted by Gasteiger charge is -2.27. The van der Waals surface area contributed by atoms with Crippen molar-refractivity contribution in [1.29, 1.82) is 0 Å². The van der Waals surface area contributed by atoms with E-state index >= 15 is 0 Å². The average molecular weight is 223 g/mol. The van der Waals surface area contributed by atoms with Crippen LogP contribution in [0.2, 0.25) is 0 Å². The molecule has 4 heteroatoms. The Morgan fingerprint density at radius 3 is 2.94 bits per heavy atom. The Balaban J connectivity index is 1.81. The van der Waals surface area contributed by atoms with Crippen molar-refractivity contribution in [3.63, 3.8) is 0 Å². The van der Waals surface area contributed by atoms with E-state index in [0.29, 0.717) is 19.0 Å². The van der Waals surface area contributed by atoms with Gasteiger partial charge in [0.05, 0.1) is 12.2 Å². The number of hydrogen-bond donors (Lipinski definition) is 2. The monoisotopic (exact) mass is 223 g/mol. The first-order chi connectivity index (χ1) is 7.75. The molecule has 16 heavy (non-hydrogen) atoms. The maximum absolute atomic E-state index is 11.1. The second-order valence-corrected chi connectivity index (χ2v) is 4.35. The normalized spacial score (nSPS) is 18.0. The predicted octanol–water partition coefficient (Wildman–Crippen LogP) is 1.66. The molecule has 1 unspecified atom stereocenters. The van der Waals surface area contributed by atoms with Gasteiger partial charge in [-0.3, -0.25) is 4.79 Å². The summed E-state index contributed by atoms with van der Waals surface area (Å²) in [5.41, 5.74) is 0. The third-order valence-corrected chi connectivity index (χ3v) is 3.14. The van der Waals surface area contributed by atoms with E-state index in [2.05, 4.69) is 5.32 Å². The Morgan fingerprint density at radius 1 is 1.62 bits per heavy atom. The van der Waals surface area contributed by atoms with E-state index in [1.807, 2.05) is 6.07 Å². The molecule has 1 heterocycles. The molecule has 1 saturated carbocycles. The summed E-state index contributed by atoms with van der Waals surface area (Å²) in [4.78, 5) is 11.1. The van der Waals surface area contributed by atoms with Crippen LogP contribution in [-0.2, 0) is 11.2 Å². The van der Waals surface area contributed by atoms with E-state index in [1.54, 1.807) is 12.3 Å². The number of carboxylic acids is 1. The second kappa shape index (κ2) is 5.16. The average Bonchev–Trinajstić information content (AvgIpc) is 2.66. The fourth-order valence-electron chi connectivity index (χ4n) is 1.84. The summed E-state index contributed by atoms with van der Waals surface area (Å²) in [5, 5.41) is 12.4. The molecule has 0 amide bonds. The molecular formula is C12H17NO3. The van der Waals surface area contributed by atoms with Crippen molar-refractivity contribution in [2.75, 3.05) is 6.54 Å². The highest BCUT2D eigenvalue weighted by atomic mass is 16.4. The minimum Gasteiger partial charge on any atom is -0.481 e. The molecule has 2 rings (SSSR count). The molecule has 0 bridgehead atoms. The Hall–Kier alpha value is -1.29. The number of nitrogens with one attached hydrogen (secondary N) is 1. The zero-order chi connectivity index (χ0) is 11.4. The molecule has 0 radical (unpaired) electrons. The number of aliphatic carboxylic acids is 1. The van der Waals surface area contributed by atoms with Gasteiger partial charge in [-0.05, 0) is 25.0 Å². The van der Waals surface area contributed by atoms with Crippen molar-refractivity contribution >= 4 is 5.97 Å². The molecule has 0 saturated heterocycles. The van der Waals surface area contributed by atoms with Crippen molar-refractivity contribution in [2.24, 2.45) is 5.92 Å². The SMILES string of the molecule is O=C(O)C(CNC1CCC1)Cc1ccco1.